The number of ether oxygens (including phenoxy) is 1. The minimum absolute atomic E-state index is 0.0769. The lowest BCUT2D eigenvalue weighted by Crippen LogP contribution is -2.17. The molecule has 37 heavy (non-hydrogen) atoms. The molecule has 0 saturated heterocycles. The smallest absolute Gasteiger partial charge is 0.243 e. The number of carbonyl (C=O) groups excluding carboxylic acids is 2. The Balaban J connectivity index is 1.37. The number of aromatic nitrogens is 2. The largest absolute Gasteiger partial charge is 0.494 e. The van der Waals surface area contributed by atoms with Crippen molar-refractivity contribution < 1.29 is 24.0 Å². The number of thiazole rings is 1. The topological polar surface area (TPSA) is 127 Å². The first-order valence-electron chi connectivity index (χ1n) is 12.2. The Kier molecular flexibility index (Phi) is 11.0. The first kappa shape index (κ1) is 28.7. The van der Waals surface area contributed by atoms with Crippen molar-refractivity contribution in [1.82, 2.24) is 15.4 Å². The van der Waals surface area contributed by atoms with Crippen molar-refractivity contribution in [2.75, 3.05) is 11.9 Å². The Labute approximate surface area is 225 Å². The average Bonchev–Trinajstić information content (AvgIpc) is 3.51. The van der Waals surface area contributed by atoms with Crippen molar-refractivity contribution in [1.29, 1.82) is 0 Å². The molecule has 0 unspecified atom stereocenters. The summed E-state index contributed by atoms with van der Waals surface area (Å²) in [5, 5.41) is 11.9. The number of thioether (sulfide) groups is 1. The number of nitrogens with zero attached hydrogens (tertiary/aromatic N) is 2. The van der Waals surface area contributed by atoms with E-state index in [0.29, 0.717) is 29.8 Å². The Bertz CT molecular complexity index is 1160. The highest BCUT2D eigenvalue weighted by Crippen LogP contribution is 2.32. The van der Waals surface area contributed by atoms with E-state index in [4.69, 9.17) is 14.4 Å². The van der Waals surface area contributed by atoms with E-state index in [2.05, 4.69) is 36.1 Å². The Morgan fingerprint density at radius 1 is 1.11 bits per heavy atom. The maximum absolute atomic E-state index is 12.5. The number of oxazole rings is 1. The molecule has 0 aliphatic heterocycles. The summed E-state index contributed by atoms with van der Waals surface area (Å²) in [5.74, 6) is 2.35. The molecule has 0 aliphatic rings. The van der Waals surface area contributed by atoms with Crippen LogP contribution in [0.1, 0.15) is 70.1 Å². The highest BCUT2D eigenvalue weighted by Gasteiger charge is 2.19. The van der Waals surface area contributed by atoms with E-state index in [9.17, 15) is 9.59 Å². The van der Waals surface area contributed by atoms with Crippen LogP contribution in [-0.2, 0) is 27.2 Å². The van der Waals surface area contributed by atoms with Gasteiger partial charge in [-0.25, -0.2) is 15.4 Å². The summed E-state index contributed by atoms with van der Waals surface area (Å²) in [5.41, 5.74) is 2.41. The van der Waals surface area contributed by atoms with Crippen LogP contribution in [0, 0.1) is 0 Å². The van der Waals surface area contributed by atoms with Crippen molar-refractivity contribution in [3.8, 4) is 5.75 Å². The molecule has 0 saturated carbocycles. The van der Waals surface area contributed by atoms with Crippen LogP contribution in [-0.4, -0.2) is 33.6 Å². The molecule has 2 aromatic heterocycles. The minimum atomic E-state index is -0.358. The first-order chi connectivity index (χ1) is 17.7. The number of carbonyl (C=O) groups is 2. The molecule has 2 heterocycles. The minimum Gasteiger partial charge on any atom is -0.494 e. The SMILES string of the molecule is CC(C)(C)c1cnc(CSc2cnc(NC(=O)Cc3cccc(OCCCCCCC(=O)NO)c3)s2)o1. The van der Waals surface area contributed by atoms with E-state index < -0.39 is 0 Å². The third-order valence-electron chi connectivity index (χ3n) is 5.32. The van der Waals surface area contributed by atoms with Gasteiger partial charge in [0, 0.05) is 11.8 Å². The van der Waals surface area contributed by atoms with Crippen molar-refractivity contribution in [3.63, 3.8) is 0 Å². The molecule has 0 fully saturated rings. The highest BCUT2D eigenvalue weighted by atomic mass is 32.2. The van der Waals surface area contributed by atoms with Gasteiger partial charge in [0.1, 0.15) is 11.5 Å². The van der Waals surface area contributed by atoms with Crippen molar-refractivity contribution in [2.45, 2.75) is 74.7 Å². The summed E-state index contributed by atoms with van der Waals surface area (Å²) >= 11 is 2.99. The van der Waals surface area contributed by atoms with Gasteiger partial charge in [0.2, 0.25) is 17.7 Å². The lowest BCUT2D eigenvalue weighted by molar-refractivity contribution is -0.129. The normalized spacial score (nSPS) is 11.4. The van der Waals surface area contributed by atoms with Crippen LogP contribution in [0.25, 0.3) is 0 Å². The Hall–Kier alpha value is -2.89. The van der Waals surface area contributed by atoms with Crippen molar-refractivity contribution in [2.24, 2.45) is 0 Å². The maximum atomic E-state index is 12.5. The number of anilines is 1. The predicted molar refractivity (Wildman–Crippen MR) is 144 cm³/mol. The second-order valence-corrected chi connectivity index (χ2v) is 11.9. The van der Waals surface area contributed by atoms with E-state index in [1.807, 2.05) is 24.3 Å². The molecule has 0 bridgehead atoms. The third-order valence-corrected chi connectivity index (χ3v) is 7.41. The number of hydrogen-bond acceptors (Lipinski definition) is 9. The van der Waals surface area contributed by atoms with Gasteiger partial charge in [0.05, 0.1) is 35.4 Å². The molecule has 3 aromatic rings. The summed E-state index contributed by atoms with van der Waals surface area (Å²) in [6, 6.07) is 7.51. The van der Waals surface area contributed by atoms with Gasteiger partial charge in [-0.15, -0.1) is 11.8 Å². The molecule has 2 amide bonds. The Morgan fingerprint density at radius 3 is 2.68 bits per heavy atom. The number of benzene rings is 1. The van der Waals surface area contributed by atoms with Gasteiger partial charge in [0.25, 0.3) is 0 Å². The monoisotopic (exact) mass is 546 g/mol. The summed E-state index contributed by atoms with van der Waals surface area (Å²) in [7, 11) is 0. The van der Waals surface area contributed by atoms with Gasteiger partial charge in [-0.1, -0.05) is 57.1 Å². The second kappa shape index (κ2) is 14.2. The van der Waals surface area contributed by atoms with Crippen molar-refractivity contribution in [3.05, 3.63) is 53.9 Å². The number of nitrogens with one attached hydrogen (secondary N) is 2. The van der Waals surface area contributed by atoms with Gasteiger partial charge in [0.15, 0.2) is 5.13 Å². The summed E-state index contributed by atoms with van der Waals surface area (Å²) < 4.78 is 12.6. The van der Waals surface area contributed by atoms with Gasteiger partial charge < -0.3 is 14.5 Å². The molecule has 1 aromatic carbocycles. The van der Waals surface area contributed by atoms with Crippen LogP contribution < -0.4 is 15.5 Å². The van der Waals surface area contributed by atoms with E-state index in [0.717, 1.165) is 47.0 Å². The van der Waals surface area contributed by atoms with E-state index in [-0.39, 0.29) is 23.7 Å². The van der Waals surface area contributed by atoms with Crippen LogP contribution in [0.3, 0.4) is 0 Å². The first-order valence-corrected chi connectivity index (χ1v) is 14.0. The number of rotatable bonds is 14. The maximum Gasteiger partial charge on any atom is 0.243 e. The van der Waals surface area contributed by atoms with Crippen LogP contribution >= 0.6 is 23.1 Å². The molecule has 0 radical (unpaired) electrons. The quantitative estimate of drug-likeness (QED) is 0.101. The highest BCUT2D eigenvalue weighted by molar-refractivity contribution is 8.00. The lowest BCUT2D eigenvalue weighted by Gasteiger charge is -2.12. The average molecular weight is 547 g/mol. The second-order valence-electron chi connectivity index (χ2n) is 9.56. The van der Waals surface area contributed by atoms with Crippen molar-refractivity contribution >= 4 is 40.0 Å². The fourth-order valence-electron chi connectivity index (χ4n) is 3.32. The molecule has 200 valence electrons. The molecule has 0 spiro atoms. The zero-order chi connectivity index (χ0) is 26.7. The summed E-state index contributed by atoms with van der Waals surface area (Å²) in [4.78, 5) is 32.2. The molecule has 0 atom stereocenters. The van der Waals surface area contributed by atoms with Gasteiger partial charge in [-0.05, 0) is 30.5 Å². The van der Waals surface area contributed by atoms with Crippen LogP contribution in [0.5, 0.6) is 5.75 Å². The fourth-order valence-corrected chi connectivity index (χ4v) is 5.06. The standard InChI is InChI=1S/C26H34N4O5S2/c1-26(2,3)20-15-27-23(35-20)17-36-24-16-28-25(37-24)29-22(32)14-18-9-8-10-19(13-18)34-12-7-5-4-6-11-21(31)30-33/h8-10,13,15-16,33H,4-7,11-12,14,17H2,1-3H3,(H,30,31)(H,28,29,32). The van der Waals surface area contributed by atoms with Gasteiger partial charge in [-0.3, -0.25) is 14.8 Å². The third kappa shape index (κ3) is 10.2. The summed E-state index contributed by atoms with van der Waals surface area (Å²) in [6.45, 7) is 6.82. The fraction of sp³-hybridized carbons (Fsp3) is 0.462. The van der Waals surface area contributed by atoms with E-state index in [1.165, 1.54) is 11.3 Å². The predicted octanol–water partition coefficient (Wildman–Crippen LogP) is 5.74. The zero-order valence-corrected chi connectivity index (χ0v) is 23.0. The number of hydroxylamine groups is 1. The molecular weight excluding hydrogens is 512 g/mol. The lowest BCUT2D eigenvalue weighted by atomic mass is 9.94. The number of amides is 2. The molecular formula is C26H34N4O5S2. The molecule has 0 aliphatic carbocycles. The van der Waals surface area contributed by atoms with E-state index >= 15 is 0 Å². The van der Waals surface area contributed by atoms with Gasteiger partial charge >= 0.3 is 0 Å². The number of unbranched alkanes of at least 4 members (excludes halogenated alkanes) is 3. The Morgan fingerprint density at radius 2 is 1.92 bits per heavy atom. The summed E-state index contributed by atoms with van der Waals surface area (Å²) in [6.07, 6.45) is 7.49. The molecule has 9 nitrogen and oxygen atoms in total. The van der Waals surface area contributed by atoms with Crippen LogP contribution in [0.4, 0.5) is 5.13 Å². The zero-order valence-electron chi connectivity index (χ0n) is 21.4. The molecule has 3 rings (SSSR count). The van der Waals surface area contributed by atoms with Crippen LogP contribution in [0.15, 0.2) is 45.3 Å². The van der Waals surface area contributed by atoms with Gasteiger partial charge in [-0.2, -0.15) is 0 Å². The number of hydrogen-bond donors (Lipinski definition) is 3. The van der Waals surface area contributed by atoms with E-state index in [1.54, 1.807) is 29.6 Å². The van der Waals surface area contributed by atoms with Crippen LogP contribution in [0.2, 0.25) is 0 Å². The molecule has 3 N–H and O–H groups in total. The molecule has 11 heteroatoms.